The molecule has 0 bridgehead atoms. The minimum absolute atomic E-state index is 0.118. The third-order valence-corrected chi connectivity index (χ3v) is 7.15. The second-order valence-electron chi connectivity index (χ2n) is 7.99. The fourth-order valence-corrected chi connectivity index (χ4v) is 5.81. The van der Waals surface area contributed by atoms with Crippen molar-refractivity contribution in [2.45, 2.75) is 57.2 Å². The summed E-state index contributed by atoms with van der Waals surface area (Å²) in [5.74, 6) is 1.35. The van der Waals surface area contributed by atoms with E-state index >= 15 is 0 Å². The van der Waals surface area contributed by atoms with E-state index in [1.54, 1.807) is 23.8 Å². The van der Waals surface area contributed by atoms with Crippen LogP contribution in [0.1, 0.15) is 54.4 Å². The molecule has 3 aliphatic carbocycles. The molecule has 1 heterocycles. The topological polar surface area (TPSA) is 27.7 Å². The molecule has 0 radical (unpaired) electrons. The molecular weight excluding hydrogens is 300 g/mol. The number of allylic oxidation sites excluding steroid dienone is 2. The first-order valence-electron chi connectivity index (χ1n) is 9.31. The zero-order valence-corrected chi connectivity index (χ0v) is 14.7. The number of hydrogen-bond donors (Lipinski definition) is 0. The molecule has 3 heteroatoms. The van der Waals surface area contributed by atoms with Gasteiger partial charge in [-0.05, 0) is 59.9 Å². The molecule has 2 atom stereocenters. The van der Waals surface area contributed by atoms with E-state index in [0.717, 1.165) is 44.7 Å². The normalized spacial score (nSPS) is 32.9. The monoisotopic (exact) mass is 326 g/mol. The van der Waals surface area contributed by atoms with Crippen LogP contribution in [0.5, 0.6) is 0 Å². The van der Waals surface area contributed by atoms with Crippen LogP contribution in [-0.4, -0.2) is 26.1 Å². The van der Waals surface area contributed by atoms with Crippen LogP contribution in [-0.2, 0) is 33.5 Å². The van der Waals surface area contributed by atoms with Crippen LogP contribution < -0.4 is 0 Å². The summed E-state index contributed by atoms with van der Waals surface area (Å²) < 4.78 is 17.8. The van der Waals surface area contributed by atoms with E-state index in [9.17, 15) is 0 Å². The summed E-state index contributed by atoms with van der Waals surface area (Å²) in [5.41, 5.74) is 6.30. The van der Waals surface area contributed by atoms with Gasteiger partial charge in [-0.25, -0.2) is 0 Å². The zero-order chi connectivity index (χ0) is 16.4. The number of methoxy groups -OCH3 is 1. The average molecular weight is 326 g/mol. The predicted molar refractivity (Wildman–Crippen MR) is 92.0 cm³/mol. The summed E-state index contributed by atoms with van der Waals surface area (Å²) in [6.45, 7) is 3.91. The second-order valence-corrected chi connectivity index (χ2v) is 7.99. The molecule has 1 aromatic carbocycles. The molecule has 1 aromatic rings. The first kappa shape index (κ1) is 15.0. The number of benzene rings is 1. The minimum Gasteiger partial charge on any atom is -0.501 e. The summed E-state index contributed by atoms with van der Waals surface area (Å²) in [6, 6.07) is 4.73. The molecule has 2 unspecified atom stereocenters. The highest BCUT2D eigenvalue weighted by atomic mass is 16.7. The minimum atomic E-state index is -0.325. The van der Waals surface area contributed by atoms with Gasteiger partial charge in [-0.1, -0.05) is 19.1 Å². The number of ether oxygens (including phenoxy) is 3. The molecule has 24 heavy (non-hydrogen) atoms. The van der Waals surface area contributed by atoms with Crippen molar-refractivity contribution in [2.75, 3.05) is 20.3 Å². The fraction of sp³-hybridized carbons (Fsp3) is 0.619. The maximum atomic E-state index is 6.18. The van der Waals surface area contributed by atoms with Gasteiger partial charge in [0.05, 0.1) is 26.1 Å². The molecule has 1 saturated carbocycles. The Hall–Kier alpha value is -1.32. The summed E-state index contributed by atoms with van der Waals surface area (Å²) in [6.07, 6.45) is 8.76. The lowest BCUT2D eigenvalue weighted by Crippen LogP contribution is -2.47. The SMILES string of the molecule is COC1=CCc2c(ccc3c2CCC2(C)C3CCC23OCCO3)C1. The van der Waals surface area contributed by atoms with Gasteiger partial charge in [-0.2, -0.15) is 0 Å². The number of fused-ring (bicyclic) bond motifs is 6. The molecule has 3 nitrogen and oxygen atoms in total. The Morgan fingerprint density at radius 1 is 1.12 bits per heavy atom. The molecule has 1 spiro atoms. The predicted octanol–water partition coefficient (Wildman–Crippen LogP) is 3.89. The van der Waals surface area contributed by atoms with Gasteiger partial charge in [0.25, 0.3) is 0 Å². The van der Waals surface area contributed by atoms with E-state index in [-0.39, 0.29) is 11.2 Å². The van der Waals surface area contributed by atoms with E-state index in [1.165, 1.54) is 18.4 Å². The Kier molecular flexibility index (Phi) is 3.18. The molecule has 128 valence electrons. The largest absolute Gasteiger partial charge is 0.501 e. The molecule has 1 aliphatic heterocycles. The average Bonchev–Trinajstić information content (AvgIpc) is 3.21. The Morgan fingerprint density at radius 3 is 2.75 bits per heavy atom. The van der Waals surface area contributed by atoms with Crippen molar-refractivity contribution < 1.29 is 14.2 Å². The lowest BCUT2D eigenvalue weighted by Gasteiger charge is -2.46. The molecular formula is C21H26O3. The molecule has 0 amide bonds. The summed E-state index contributed by atoms with van der Waals surface area (Å²) in [4.78, 5) is 0. The lowest BCUT2D eigenvalue weighted by molar-refractivity contribution is -0.222. The highest BCUT2D eigenvalue weighted by molar-refractivity contribution is 5.49. The highest BCUT2D eigenvalue weighted by Crippen LogP contribution is 2.63. The Morgan fingerprint density at radius 2 is 1.96 bits per heavy atom. The van der Waals surface area contributed by atoms with Crippen LogP contribution in [0.4, 0.5) is 0 Å². The van der Waals surface area contributed by atoms with E-state index in [2.05, 4.69) is 25.1 Å². The van der Waals surface area contributed by atoms with Gasteiger partial charge in [-0.15, -0.1) is 0 Å². The summed E-state index contributed by atoms with van der Waals surface area (Å²) in [5, 5.41) is 0. The molecule has 1 saturated heterocycles. The van der Waals surface area contributed by atoms with Gasteiger partial charge in [0, 0.05) is 18.3 Å². The van der Waals surface area contributed by atoms with Crippen molar-refractivity contribution in [3.05, 3.63) is 46.2 Å². The zero-order valence-electron chi connectivity index (χ0n) is 14.7. The van der Waals surface area contributed by atoms with Crippen molar-refractivity contribution in [3.63, 3.8) is 0 Å². The molecule has 4 aliphatic rings. The smallest absolute Gasteiger partial charge is 0.174 e. The summed E-state index contributed by atoms with van der Waals surface area (Å²) >= 11 is 0. The van der Waals surface area contributed by atoms with Crippen molar-refractivity contribution in [1.82, 2.24) is 0 Å². The van der Waals surface area contributed by atoms with Crippen molar-refractivity contribution in [3.8, 4) is 0 Å². The van der Waals surface area contributed by atoms with Crippen LogP contribution in [0.15, 0.2) is 24.0 Å². The van der Waals surface area contributed by atoms with E-state index in [0.29, 0.717) is 5.92 Å². The first-order valence-corrected chi connectivity index (χ1v) is 9.31. The van der Waals surface area contributed by atoms with Crippen molar-refractivity contribution >= 4 is 0 Å². The lowest BCUT2D eigenvalue weighted by atomic mass is 9.63. The third-order valence-electron chi connectivity index (χ3n) is 7.15. The van der Waals surface area contributed by atoms with E-state index in [1.807, 2.05) is 0 Å². The van der Waals surface area contributed by atoms with Gasteiger partial charge in [0.2, 0.25) is 0 Å². The number of rotatable bonds is 1. The first-order chi connectivity index (χ1) is 11.7. The van der Waals surface area contributed by atoms with Crippen molar-refractivity contribution in [1.29, 1.82) is 0 Å². The van der Waals surface area contributed by atoms with E-state index in [4.69, 9.17) is 14.2 Å². The Bertz CT molecular complexity index is 714. The third kappa shape index (κ3) is 1.80. The van der Waals surface area contributed by atoms with Crippen LogP contribution in [0.3, 0.4) is 0 Å². The summed E-state index contributed by atoms with van der Waals surface area (Å²) in [7, 11) is 1.78. The van der Waals surface area contributed by atoms with Crippen LogP contribution in [0, 0.1) is 5.41 Å². The quantitative estimate of drug-likeness (QED) is 0.784. The molecule has 0 N–H and O–H groups in total. The second kappa shape index (κ2) is 5.09. The van der Waals surface area contributed by atoms with Crippen LogP contribution >= 0.6 is 0 Å². The standard InChI is InChI=1S/C21H26O3/c1-20-9-7-17-16-6-4-15(22-2)13-14(16)3-5-18(17)19(20)8-10-21(20)23-11-12-24-21/h3-5,19H,6-13H2,1-2H3. The van der Waals surface area contributed by atoms with Gasteiger partial charge >= 0.3 is 0 Å². The van der Waals surface area contributed by atoms with Crippen LogP contribution in [0.25, 0.3) is 0 Å². The molecule has 5 rings (SSSR count). The molecule has 0 aromatic heterocycles. The van der Waals surface area contributed by atoms with Crippen molar-refractivity contribution in [2.24, 2.45) is 5.41 Å². The highest BCUT2D eigenvalue weighted by Gasteiger charge is 2.62. The number of hydrogen-bond acceptors (Lipinski definition) is 3. The maximum absolute atomic E-state index is 6.18. The van der Waals surface area contributed by atoms with Gasteiger partial charge < -0.3 is 14.2 Å². The Labute approximate surface area is 144 Å². The maximum Gasteiger partial charge on any atom is 0.174 e. The van der Waals surface area contributed by atoms with Crippen LogP contribution in [0.2, 0.25) is 0 Å². The van der Waals surface area contributed by atoms with Gasteiger partial charge in [0.15, 0.2) is 5.79 Å². The van der Waals surface area contributed by atoms with Gasteiger partial charge in [-0.3, -0.25) is 0 Å². The molecule has 2 fully saturated rings. The Balaban J connectivity index is 1.56. The fourth-order valence-electron chi connectivity index (χ4n) is 5.81. The van der Waals surface area contributed by atoms with Gasteiger partial charge in [0.1, 0.15) is 0 Å². The van der Waals surface area contributed by atoms with E-state index < -0.39 is 0 Å².